The zero-order valence-corrected chi connectivity index (χ0v) is 9.19. The Labute approximate surface area is 86.5 Å². The molecule has 76 valence electrons. The second-order valence-corrected chi connectivity index (χ2v) is 4.08. The van der Waals surface area contributed by atoms with Gasteiger partial charge in [-0.25, -0.2) is 0 Å². The van der Waals surface area contributed by atoms with E-state index in [0.29, 0.717) is 0 Å². The van der Waals surface area contributed by atoms with Crippen LogP contribution in [0.3, 0.4) is 0 Å². The monoisotopic (exact) mass is 201 g/mol. The molecule has 1 saturated carbocycles. The molecular weight excluding hydrogens is 182 g/mol. The summed E-state index contributed by atoms with van der Waals surface area (Å²) in [7, 11) is 0. The number of nitrogens with one attached hydrogen (secondary N) is 1. The summed E-state index contributed by atoms with van der Waals surface area (Å²) in [5.41, 5.74) is 1.59. The molecule has 1 fully saturated rings. The Kier molecular flexibility index (Phi) is 5.49. The maximum absolute atomic E-state index is 5.47. The molecule has 0 aromatic heterocycles. The van der Waals surface area contributed by atoms with Crippen LogP contribution in [-0.4, -0.2) is 12.6 Å². The van der Waals surface area contributed by atoms with E-state index in [-0.39, 0.29) is 0 Å². The first-order valence-electron chi connectivity index (χ1n) is 5.37. The van der Waals surface area contributed by atoms with Crippen LogP contribution < -0.4 is 5.32 Å². The van der Waals surface area contributed by atoms with Crippen LogP contribution in [0.2, 0.25) is 0 Å². The predicted molar refractivity (Wildman–Crippen MR) is 59.0 cm³/mol. The molecule has 13 heavy (non-hydrogen) atoms. The van der Waals surface area contributed by atoms with E-state index in [4.69, 9.17) is 11.6 Å². The molecule has 0 saturated heterocycles. The van der Waals surface area contributed by atoms with Crippen molar-refractivity contribution in [2.45, 2.75) is 45.1 Å². The molecule has 1 rings (SSSR count). The average Bonchev–Trinajstić information content (AvgIpc) is 2.19. The zero-order valence-electron chi connectivity index (χ0n) is 8.43. The van der Waals surface area contributed by atoms with E-state index in [1.807, 2.05) is 6.08 Å². The summed E-state index contributed by atoms with van der Waals surface area (Å²) >= 11 is 5.47. The summed E-state index contributed by atoms with van der Waals surface area (Å²) in [6, 6.07) is 0.728. The summed E-state index contributed by atoms with van der Waals surface area (Å²) in [5, 5.41) is 3.55. The molecule has 1 aliphatic rings. The van der Waals surface area contributed by atoms with Crippen molar-refractivity contribution in [1.82, 2.24) is 5.32 Å². The van der Waals surface area contributed by atoms with Crippen molar-refractivity contribution in [2.75, 3.05) is 6.54 Å². The molecule has 0 radical (unpaired) electrons. The first kappa shape index (κ1) is 11.1. The molecule has 0 spiro atoms. The minimum atomic E-state index is 0.728. The molecule has 0 aromatic carbocycles. The minimum Gasteiger partial charge on any atom is -0.310 e. The van der Waals surface area contributed by atoms with E-state index in [2.05, 4.69) is 12.2 Å². The fraction of sp³-hybridized carbons (Fsp3) is 0.818. The summed E-state index contributed by atoms with van der Waals surface area (Å²) < 4.78 is 0. The SMILES string of the molecule is CCC1CCCCC1NC/C=C/Cl. The molecule has 2 unspecified atom stereocenters. The summed E-state index contributed by atoms with van der Waals surface area (Å²) in [4.78, 5) is 0. The van der Waals surface area contributed by atoms with Crippen molar-refractivity contribution < 1.29 is 0 Å². The molecule has 1 aliphatic carbocycles. The maximum atomic E-state index is 5.47. The van der Waals surface area contributed by atoms with Crippen LogP contribution in [0.15, 0.2) is 11.6 Å². The number of halogens is 1. The molecule has 0 bridgehead atoms. The maximum Gasteiger partial charge on any atom is 0.0149 e. The third-order valence-corrected chi connectivity index (χ3v) is 3.20. The van der Waals surface area contributed by atoms with Gasteiger partial charge in [0.2, 0.25) is 0 Å². The molecule has 0 amide bonds. The zero-order chi connectivity index (χ0) is 9.52. The number of hydrogen-bond acceptors (Lipinski definition) is 1. The number of rotatable bonds is 4. The lowest BCUT2D eigenvalue weighted by molar-refractivity contribution is 0.262. The fourth-order valence-corrected chi connectivity index (χ4v) is 2.32. The van der Waals surface area contributed by atoms with Gasteiger partial charge in [-0.3, -0.25) is 0 Å². The Morgan fingerprint density at radius 1 is 1.38 bits per heavy atom. The predicted octanol–water partition coefficient (Wildman–Crippen LogP) is 3.30. The Hall–Kier alpha value is -0.0100. The van der Waals surface area contributed by atoms with Crippen LogP contribution in [0.1, 0.15) is 39.0 Å². The molecule has 2 atom stereocenters. The Morgan fingerprint density at radius 3 is 2.85 bits per heavy atom. The van der Waals surface area contributed by atoms with Gasteiger partial charge in [-0.1, -0.05) is 43.9 Å². The molecule has 1 N–H and O–H groups in total. The Bertz CT molecular complexity index is 156. The van der Waals surface area contributed by atoms with E-state index in [0.717, 1.165) is 18.5 Å². The van der Waals surface area contributed by atoms with Gasteiger partial charge in [0.05, 0.1) is 0 Å². The summed E-state index contributed by atoms with van der Waals surface area (Å²) in [6.07, 6.45) is 8.83. The first-order chi connectivity index (χ1) is 6.38. The largest absolute Gasteiger partial charge is 0.310 e. The van der Waals surface area contributed by atoms with Gasteiger partial charge in [-0.2, -0.15) is 0 Å². The smallest absolute Gasteiger partial charge is 0.0149 e. The van der Waals surface area contributed by atoms with Gasteiger partial charge in [0.25, 0.3) is 0 Å². The van der Waals surface area contributed by atoms with Gasteiger partial charge in [0, 0.05) is 18.1 Å². The summed E-state index contributed by atoms with van der Waals surface area (Å²) in [6.45, 7) is 3.22. The van der Waals surface area contributed by atoms with Crippen molar-refractivity contribution in [3.8, 4) is 0 Å². The van der Waals surface area contributed by atoms with E-state index in [1.165, 1.54) is 32.1 Å². The first-order valence-corrected chi connectivity index (χ1v) is 5.80. The van der Waals surface area contributed by atoms with E-state index in [1.54, 1.807) is 5.54 Å². The summed E-state index contributed by atoms with van der Waals surface area (Å²) in [5.74, 6) is 0.887. The highest BCUT2D eigenvalue weighted by atomic mass is 35.5. The molecule has 2 heteroatoms. The van der Waals surface area contributed by atoms with Gasteiger partial charge < -0.3 is 5.32 Å². The van der Waals surface area contributed by atoms with Crippen LogP contribution >= 0.6 is 11.6 Å². The Morgan fingerprint density at radius 2 is 2.15 bits per heavy atom. The molecule has 0 aromatic rings. The lowest BCUT2D eigenvalue weighted by Crippen LogP contribution is -2.38. The normalized spacial score (nSPS) is 29.7. The van der Waals surface area contributed by atoms with Gasteiger partial charge in [-0.05, 0) is 18.8 Å². The van der Waals surface area contributed by atoms with Crippen molar-refractivity contribution in [1.29, 1.82) is 0 Å². The quantitative estimate of drug-likeness (QED) is 0.736. The van der Waals surface area contributed by atoms with Crippen LogP contribution in [0.25, 0.3) is 0 Å². The van der Waals surface area contributed by atoms with E-state index in [9.17, 15) is 0 Å². The third-order valence-electron chi connectivity index (χ3n) is 3.02. The molecule has 0 heterocycles. The highest BCUT2D eigenvalue weighted by Gasteiger charge is 2.22. The second kappa shape index (κ2) is 6.44. The Balaban J connectivity index is 2.27. The fourth-order valence-electron chi connectivity index (χ4n) is 2.23. The molecule has 0 aliphatic heterocycles. The standard InChI is InChI=1S/C11H20ClN/c1-2-10-6-3-4-7-11(10)13-9-5-8-12/h5,8,10-11,13H,2-4,6-7,9H2,1H3/b8-5+. The van der Waals surface area contributed by atoms with Gasteiger partial charge in [0.15, 0.2) is 0 Å². The highest BCUT2D eigenvalue weighted by Crippen LogP contribution is 2.26. The minimum absolute atomic E-state index is 0.728. The van der Waals surface area contributed by atoms with Gasteiger partial charge in [-0.15, -0.1) is 0 Å². The highest BCUT2D eigenvalue weighted by molar-refractivity contribution is 6.25. The van der Waals surface area contributed by atoms with E-state index < -0.39 is 0 Å². The van der Waals surface area contributed by atoms with Crippen molar-refractivity contribution in [3.05, 3.63) is 11.6 Å². The molecular formula is C11H20ClN. The van der Waals surface area contributed by atoms with Crippen molar-refractivity contribution in [2.24, 2.45) is 5.92 Å². The van der Waals surface area contributed by atoms with Crippen LogP contribution in [-0.2, 0) is 0 Å². The lowest BCUT2D eigenvalue weighted by atomic mass is 9.83. The number of hydrogen-bond donors (Lipinski definition) is 1. The van der Waals surface area contributed by atoms with Gasteiger partial charge >= 0.3 is 0 Å². The van der Waals surface area contributed by atoms with Crippen LogP contribution in [0, 0.1) is 5.92 Å². The lowest BCUT2D eigenvalue weighted by Gasteiger charge is -2.31. The third kappa shape index (κ3) is 3.70. The molecule has 1 nitrogen and oxygen atoms in total. The van der Waals surface area contributed by atoms with Crippen molar-refractivity contribution >= 4 is 11.6 Å². The average molecular weight is 202 g/mol. The topological polar surface area (TPSA) is 12.0 Å². The van der Waals surface area contributed by atoms with Crippen molar-refractivity contribution in [3.63, 3.8) is 0 Å². The second-order valence-electron chi connectivity index (χ2n) is 3.83. The van der Waals surface area contributed by atoms with Crippen LogP contribution in [0.4, 0.5) is 0 Å². The van der Waals surface area contributed by atoms with E-state index >= 15 is 0 Å². The van der Waals surface area contributed by atoms with Gasteiger partial charge in [0.1, 0.15) is 0 Å². The van der Waals surface area contributed by atoms with Crippen LogP contribution in [0.5, 0.6) is 0 Å².